The molecule has 2 aromatic rings. The maximum absolute atomic E-state index is 8.88. The van der Waals surface area contributed by atoms with Gasteiger partial charge in [0.05, 0.1) is 11.6 Å². The Morgan fingerprint density at radius 3 is 2.72 bits per heavy atom. The highest BCUT2D eigenvalue weighted by molar-refractivity contribution is 5.56. The number of anilines is 2. The topological polar surface area (TPSA) is 61.8 Å². The van der Waals surface area contributed by atoms with Crippen LogP contribution in [-0.4, -0.2) is 0 Å². The molecule has 0 heterocycles. The molecule has 2 rings (SSSR count). The molecule has 0 aliphatic carbocycles. The van der Waals surface area contributed by atoms with Gasteiger partial charge >= 0.3 is 0 Å². The summed E-state index contributed by atoms with van der Waals surface area (Å²) in [7, 11) is 0. The number of nitrogens with zero attached hydrogens (tertiary/aromatic N) is 1. The van der Waals surface area contributed by atoms with Crippen molar-refractivity contribution in [1.82, 2.24) is 0 Å². The van der Waals surface area contributed by atoms with E-state index in [0.717, 1.165) is 22.5 Å². The second-order valence-corrected chi connectivity index (χ2v) is 4.19. The molecule has 0 fully saturated rings. The molecule has 3 nitrogen and oxygen atoms in total. The summed E-state index contributed by atoms with van der Waals surface area (Å²) < 4.78 is 0. The summed E-state index contributed by atoms with van der Waals surface area (Å²) in [5.74, 6) is 0. The standard InChI is InChI=1S/C15H15N3/c1-11-6-7-12(9-16)8-15(11)18-10-13-4-2-3-5-14(13)17/h2-8,18H,10,17H2,1H3. The summed E-state index contributed by atoms with van der Waals surface area (Å²) in [6.07, 6.45) is 0. The lowest BCUT2D eigenvalue weighted by molar-refractivity contribution is 1.14. The Morgan fingerprint density at radius 1 is 1.22 bits per heavy atom. The van der Waals surface area contributed by atoms with E-state index in [4.69, 9.17) is 11.0 Å². The van der Waals surface area contributed by atoms with Crippen LogP contribution in [0.4, 0.5) is 11.4 Å². The normalized spacial score (nSPS) is 9.78. The van der Waals surface area contributed by atoms with E-state index in [2.05, 4.69) is 11.4 Å². The molecule has 0 aliphatic heterocycles. The zero-order valence-electron chi connectivity index (χ0n) is 10.3. The van der Waals surface area contributed by atoms with Gasteiger partial charge in [0.2, 0.25) is 0 Å². The number of para-hydroxylation sites is 1. The summed E-state index contributed by atoms with van der Waals surface area (Å²) >= 11 is 0. The highest BCUT2D eigenvalue weighted by atomic mass is 14.9. The van der Waals surface area contributed by atoms with Crippen molar-refractivity contribution < 1.29 is 0 Å². The lowest BCUT2D eigenvalue weighted by atomic mass is 10.1. The van der Waals surface area contributed by atoms with Crippen LogP contribution in [0.3, 0.4) is 0 Å². The van der Waals surface area contributed by atoms with E-state index in [9.17, 15) is 0 Å². The Bertz CT molecular complexity index is 597. The molecule has 90 valence electrons. The second-order valence-electron chi connectivity index (χ2n) is 4.19. The lowest BCUT2D eigenvalue weighted by Gasteiger charge is -2.11. The molecule has 0 aromatic heterocycles. The summed E-state index contributed by atoms with van der Waals surface area (Å²) in [6, 6.07) is 15.5. The number of rotatable bonds is 3. The van der Waals surface area contributed by atoms with Crippen LogP contribution in [0.25, 0.3) is 0 Å². The van der Waals surface area contributed by atoms with Gasteiger partial charge in [-0.1, -0.05) is 24.3 Å². The van der Waals surface area contributed by atoms with Crippen LogP contribution in [0.5, 0.6) is 0 Å². The SMILES string of the molecule is Cc1ccc(C#N)cc1NCc1ccccc1N. The molecule has 18 heavy (non-hydrogen) atoms. The highest BCUT2D eigenvalue weighted by Crippen LogP contribution is 2.19. The van der Waals surface area contributed by atoms with Crippen LogP contribution in [0.1, 0.15) is 16.7 Å². The van der Waals surface area contributed by atoms with Gasteiger partial charge in [-0.15, -0.1) is 0 Å². The number of hydrogen-bond acceptors (Lipinski definition) is 3. The van der Waals surface area contributed by atoms with Crippen molar-refractivity contribution in [1.29, 1.82) is 5.26 Å². The quantitative estimate of drug-likeness (QED) is 0.806. The highest BCUT2D eigenvalue weighted by Gasteiger charge is 2.02. The van der Waals surface area contributed by atoms with Crippen molar-refractivity contribution in [2.24, 2.45) is 0 Å². The van der Waals surface area contributed by atoms with Gasteiger partial charge in [-0.25, -0.2) is 0 Å². The maximum Gasteiger partial charge on any atom is 0.0992 e. The number of nitrogens with one attached hydrogen (secondary N) is 1. The number of benzene rings is 2. The Labute approximate surface area is 107 Å². The molecule has 0 aliphatic rings. The van der Waals surface area contributed by atoms with Crippen molar-refractivity contribution in [3.63, 3.8) is 0 Å². The first-order valence-electron chi connectivity index (χ1n) is 5.78. The Kier molecular flexibility index (Phi) is 3.49. The number of nitrogens with two attached hydrogens (primary N) is 1. The van der Waals surface area contributed by atoms with Gasteiger partial charge in [-0.3, -0.25) is 0 Å². The maximum atomic E-state index is 8.88. The van der Waals surface area contributed by atoms with Crippen molar-refractivity contribution in [3.8, 4) is 6.07 Å². The van der Waals surface area contributed by atoms with Crippen molar-refractivity contribution in [3.05, 3.63) is 59.2 Å². The minimum atomic E-state index is 0.655. The molecule has 3 heteroatoms. The van der Waals surface area contributed by atoms with Crippen molar-refractivity contribution >= 4 is 11.4 Å². The Morgan fingerprint density at radius 2 is 2.00 bits per heavy atom. The molecule has 0 amide bonds. The van der Waals surface area contributed by atoms with Gasteiger partial charge in [0.1, 0.15) is 0 Å². The third-order valence-electron chi connectivity index (χ3n) is 2.89. The molecule has 0 atom stereocenters. The van der Waals surface area contributed by atoms with Gasteiger partial charge in [0, 0.05) is 17.9 Å². The summed E-state index contributed by atoms with van der Waals surface area (Å²) in [4.78, 5) is 0. The minimum Gasteiger partial charge on any atom is -0.398 e. The molecule has 0 bridgehead atoms. The van der Waals surface area contributed by atoms with E-state index in [1.165, 1.54) is 0 Å². The predicted molar refractivity (Wildman–Crippen MR) is 74.1 cm³/mol. The van der Waals surface area contributed by atoms with Crippen LogP contribution in [0.15, 0.2) is 42.5 Å². The average Bonchev–Trinajstić information content (AvgIpc) is 2.39. The molecule has 0 unspecified atom stereocenters. The molecule has 0 spiro atoms. The first-order chi connectivity index (χ1) is 8.70. The van der Waals surface area contributed by atoms with E-state index >= 15 is 0 Å². The zero-order chi connectivity index (χ0) is 13.0. The summed E-state index contributed by atoms with van der Waals surface area (Å²) in [6.45, 7) is 2.67. The van der Waals surface area contributed by atoms with Crippen LogP contribution in [-0.2, 0) is 6.54 Å². The third kappa shape index (κ3) is 2.61. The first-order valence-corrected chi connectivity index (χ1v) is 5.78. The van der Waals surface area contributed by atoms with Gasteiger partial charge in [-0.05, 0) is 36.2 Å². The van der Waals surface area contributed by atoms with E-state index in [1.807, 2.05) is 49.4 Å². The fourth-order valence-electron chi connectivity index (χ4n) is 1.77. The van der Waals surface area contributed by atoms with Gasteiger partial charge in [0.15, 0.2) is 0 Å². The lowest BCUT2D eigenvalue weighted by Crippen LogP contribution is -2.04. The smallest absolute Gasteiger partial charge is 0.0992 e. The fraction of sp³-hybridized carbons (Fsp3) is 0.133. The van der Waals surface area contributed by atoms with Crippen LogP contribution in [0.2, 0.25) is 0 Å². The molecule has 3 N–H and O–H groups in total. The van der Waals surface area contributed by atoms with E-state index < -0.39 is 0 Å². The zero-order valence-corrected chi connectivity index (χ0v) is 10.3. The number of aryl methyl sites for hydroxylation is 1. The molecule has 0 saturated carbocycles. The van der Waals surface area contributed by atoms with Gasteiger partial charge < -0.3 is 11.1 Å². The van der Waals surface area contributed by atoms with Gasteiger partial charge in [0.25, 0.3) is 0 Å². The van der Waals surface area contributed by atoms with Crippen molar-refractivity contribution in [2.75, 3.05) is 11.1 Å². The van der Waals surface area contributed by atoms with Crippen LogP contribution in [0, 0.1) is 18.3 Å². The number of nitriles is 1. The largest absolute Gasteiger partial charge is 0.398 e. The van der Waals surface area contributed by atoms with Crippen LogP contribution >= 0.6 is 0 Å². The number of hydrogen-bond donors (Lipinski definition) is 2. The number of nitrogen functional groups attached to an aromatic ring is 1. The van der Waals surface area contributed by atoms with Crippen molar-refractivity contribution in [2.45, 2.75) is 13.5 Å². The van der Waals surface area contributed by atoms with E-state index in [0.29, 0.717) is 12.1 Å². The molecule has 0 saturated heterocycles. The summed E-state index contributed by atoms with van der Waals surface area (Å²) in [5, 5.41) is 12.2. The first kappa shape index (κ1) is 12.0. The van der Waals surface area contributed by atoms with Crippen LogP contribution < -0.4 is 11.1 Å². The third-order valence-corrected chi connectivity index (χ3v) is 2.89. The molecule has 2 aromatic carbocycles. The average molecular weight is 237 g/mol. The Hall–Kier alpha value is -2.47. The molecular weight excluding hydrogens is 222 g/mol. The second kappa shape index (κ2) is 5.24. The van der Waals surface area contributed by atoms with E-state index in [1.54, 1.807) is 0 Å². The predicted octanol–water partition coefficient (Wildman–Crippen LogP) is 3.06. The summed E-state index contributed by atoms with van der Waals surface area (Å²) in [5.41, 5.74) is 10.5. The van der Waals surface area contributed by atoms with E-state index in [-0.39, 0.29) is 0 Å². The molecule has 0 radical (unpaired) electrons. The molecular formula is C15H15N3. The monoisotopic (exact) mass is 237 g/mol. The minimum absolute atomic E-state index is 0.655. The Balaban J connectivity index is 2.16. The van der Waals surface area contributed by atoms with Gasteiger partial charge in [-0.2, -0.15) is 5.26 Å². The fourth-order valence-corrected chi connectivity index (χ4v) is 1.77.